The van der Waals surface area contributed by atoms with Crippen LogP contribution in [0.4, 0.5) is 11.4 Å². The molecule has 1 aliphatic carbocycles. The molecule has 71 heavy (non-hydrogen) atoms. The summed E-state index contributed by atoms with van der Waals surface area (Å²) in [6.07, 6.45) is 15.3. The molecule has 9 heteroatoms. The number of benzene rings is 6. The van der Waals surface area contributed by atoms with Gasteiger partial charge in [-0.2, -0.15) is 4.58 Å². The molecule has 0 amide bonds. The van der Waals surface area contributed by atoms with Gasteiger partial charge in [0, 0.05) is 69.0 Å². The van der Waals surface area contributed by atoms with Crippen LogP contribution >= 0.6 is 31.9 Å². The Morgan fingerprint density at radius 1 is 0.676 bits per heavy atom. The molecule has 6 aromatic carbocycles. The molecule has 0 fully saturated rings. The van der Waals surface area contributed by atoms with E-state index in [-0.39, 0.29) is 11.4 Å². The standard InChI is InChI=1S/C62H60Br2N4O3/c1-8-10-17-35-66-50-31-23-39-37-41(63)25-27-44(39)56(50)61(3,4)52(66)33-29-48-46-21-15-16-22-47(46)49(54(48)55-58(69)65(7)60(71)68(59(55)70)43-19-13-12-14-20-43)30-34-53-62(5,6)57-45-28-26-42(64)38-40(45)24-32-51(57)67(53)36-18-11-9-2/h12-16,19-34,37-38H,8-11,17-18,35-36H2,1-7H3/p+1/b48-29+,52-33+. The number of hydrogen-bond acceptors (Lipinski definition) is 4. The first-order chi connectivity index (χ1) is 34.2. The van der Waals surface area contributed by atoms with Crippen LogP contribution in [-0.2, 0) is 17.9 Å². The molecule has 0 atom stereocenters. The predicted molar refractivity (Wildman–Crippen MR) is 303 cm³/mol. The Labute approximate surface area is 433 Å². The molecule has 0 radical (unpaired) electrons. The number of unbranched alkanes of at least 4 members (excludes halogenated alkanes) is 4. The first kappa shape index (κ1) is 48.3. The molecule has 360 valence electrons. The van der Waals surface area contributed by atoms with Gasteiger partial charge >= 0.3 is 5.69 Å². The van der Waals surface area contributed by atoms with E-state index in [1.165, 1.54) is 60.2 Å². The highest BCUT2D eigenvalue weighted by molar-refractivity contribution is 9.10. The zero-order chi connectivity index (χ0) is 49.9. The summed E-state index contributed by atoms with van der Waals surface area (Å²) in [5.74, 6) is -0.382. The highest BCUT2D eigenvalue weighted by atomic mass is 79.9. The fourth-order valence-electron chi connectivity index (χ4n) is 11.7. The van der Waals surface area contributed by atoms with Gasteiger partial charge in [-0.05, 0) is 137 Å². The van der Waals surface area contributed by atoms with Crippen molar-refractivity contribution in [2.45, 2.75) is 90.9 Å². The lowest BCUT2D eigenvalue weighted by atomic mass is 9.79. The van der Waals surface area contributed by atoms with E-state index in [9.17, 15) is 9.90 Å². The highest BCUT2D eigenvalue weighted by Crippen LogP contribution is 2.53. The Bertz CT molecular complexity index is 3610. The van der Waals surface area contributed by atoms with Gasteiger partial charge < -0.3 is 10.0 Å². The minimum atomic E-state index is -0.626. The summed E-state index contributed by atoms with van der Waals surface area (Å²) >= 11 is 7.43. The van der Waals surface area contributed by atoms with Gasteiger partial charge in [0.2, 0.25) is 11.6 Å². The van der Waals surface area contributed by atoms with Crippen LogP contribution in [0.3, 0.4) is 0 Å². The number of nitrogens with zero attached hydrogens (tertiary/aromatic N) is 4. The van der Waals surface area contributed by atoms with E-state index in [0.29, 0.717) is 11.3 Å². The van der Waals surface area contributed by atoms with Crippen molar-refractivity contribution < 1.29 is 9.68 Å². The zero-order valence-electron chi connectivity index (χ0n) is 41.7. The van der Waals surface area contributed by atoms with Crippen LogP contribution in [0.15, 0.2) is 164 Å². The average molecular weight is 1070 g/mol. The van der Waals surface area contributed by atoms with Gasteiger partial charge in [0.15, 0.2) is 5.71 Å². The third kappa shape index (κ3) is 8.13. The predicted octanol–water partition coefficient (Wildman–Crippen LogP) is 15.1. The fraction of sp³-hybridized carbons (Fsp3) is 0.274. The molecule has 1 aromatic heterocycles. The van der Waals surface area contributed by atoms with Crippen molar-refractivity contribution in [2.24, 2.45) is 7.05 Å². The van der Waals surface area contributed by atoms with Crippen LogP contribution in [0, 0.1) is 0 Å². The first-order valence-corrected chi connectivity index (χ1v) is 26.7. The van der Waals surface area contributed by atoms with Gasteiger partial charge in [-0.3, -0.25) is 9.36 Å². The minimum Gasteiger partial charge on any atom is -0.494 e. The summed E-state index contributed by atoms with van der Waals surface area (Å²) in [4.78, 5) is 32.0. The molecule has 0 spiro atoms. The smallest absolute Gasteiger partial charge is 0.338 e. The number of allylic oxidation sites excluding steroid dienone is 8. The van der Waals surface area contributed by atoms with E-state index >= 15 is 4.79 Å². The molecule has 7 aromatic rings. The van der Waals surface area contributed by atoms with Crippen LogP contribution in [0.1, 0.15) is 108 Å². The maximum absolute atomic E-state index is 15.4. The van der Waals surface area contributed by atoms with Crippen LogP contribution in [0.5, 0.6) is 5.88 Å². The second kappa shape index (κ2) is 19.0. The third-order valence-corrected chi connectivity index (χ3v) is 16.1. The molecule has 10 rings (SSSR count). The number of halogens is 2. The molecule has 0 unspecified atom stereocenters. The van der Waals surface area contributed by atoms with E-state index in [0.717, 1.165) is 94.2 Å². The van der Waals surface area contributed by atoms with Crippen LogP contribution in [0.25, 0.3) is 44.0 Å². The summed E-state index contributed by atoms with van der Waals surface area (Å²) in [7, 11) is 1.53. The Kier molecular flexibility index (Phi) is 13.0. The Balaban J connectivity index is 1.24. The summed E-state index contributed by atoms with van der Waals surface area (Å²) in [6.45, 7) is 15.5. The van der Waals surface area contributed by atoms with Crippen molar-refractivity contribution in [3.8, 4) is 11.6 Å². The van der Waals surface area contributed by atoms with Gasteiger partial charge in [-0.25, -0.2) is 9.36 Å². The summed E-state index contributed by atoms with van der Waals surface area (Å²) < 4.78 is 6.96. The third-order valence-electron chi connectivity index (χ3n) is 15.1. The van der Waals surface area contributed by atoms with E-state index in [4.69, 9.17) is 0 Å². The van der Waals surface area contributed by atoms with E-state index < -0.39 is 22.1 Å². The van der Waals surface area contributed by atoms with E-state index in [2.05, 4.69) is 180 Å². The Morgan fingerprint density at radius 3 is 2.00 bits per heavy atom. The molecule has 0 bridgehead atoms. The molecule has 7 nitrogen and oxygen atoms in total. The quantitative estimate of drug-likeness (QED) is 0.0923. The molecule has 0 saturated carbocycles. The lowest BCUT2D eigenvalue weighted by molar-refractivity contribution is -0.438. The monoisotopic (exact) mass is 1070 g/mol. The number of fused-ring (bicyclic) bond motifs is 7. The molecule has 1 N–H and O–H groups in total. The summed E-state index contributed by atoms with van der Waals surface area (Å²) in [5, 5.41) is 17.2. The zero-order valence-corrected chi connectivity index (χ0v) is 44.9. The van der Waals surface area contributed by atoms with Crippen LogP contribution in [0.2, 0.25) is 0 Å². The van der Waals surface area contributed by atoms with Crippen molar-refractivity contribution in [3.63, 3.8) is 0 Å². The maximum Gasteiger partial charge on any atom is 0.338 e. The second-order valence-corrected chi connectivity index (χ2v) is 22.2. The van der Waals surface area contributed by atoms with Gasteiger partial charge in [-0.15, -0.1) is 0 Å². The lowest BCUT2D eigenvalue weighted by Gasteiger charge is -2.27. The molecule has 2 aliphatic heterocycles. The van der Waals surface area contributed by atoms with Gasteiger partial charge in [-0.1, -0.05) is 146 Å². The average Bonchev–Trinajstić information content (AvgIpc) is 3.86. The number of rotatable bonds is 13. The number of anilines is 1. The Hall–Kier alpha value is -6.29. The molecule has 0 saturated heterocycles. The van der Waals surface area contributed by atoms with Crippen molar-refractivity contribution in [2.75, 3.05) is 18.0 Å². The molecular weight excluding hydrogens is 1010 g/mol. The number of para-hydroxylation sites is 1. The number of aromatic nitrogens is 2. The van der Waals surface area contributed by atoms with E-state index in [1.54, 1.807) is 12.1 Å². The van der Waals surface area contributed by atoms with Crippen molar-refractivity contribution >= 4 is 87.2 Å². The van der Waals surface area contributed by atoms with Crippen molar-refractivity contribution in [3.05, 3.63) is 203 Å². The number of hydrogen-bond donors (Lipinski definition) is 1. The van der Waals surface area contributed by atoms with Gasteiger partial charge in [0.1, 0.15) is 12.1 Å². The topological polar surface area (TPSA) is 70.5 Å². The minimum absolute atomic E-state index is 0.0668. The van der Waals surface area contributed by atoms with Crippen LogP contribution < -0.4 is 16.1 Å². The van der Waals surface area contributed by atoms with Crippen molar-refractivity contribution in [1.29, 1.82) is 0 Å². The van der Waals surface area contributed by atoms with E-state index in [1.807, 2.05) is 30.3 Å². The highest BCUT2D eigenvalue weighted by Gasteiger charge is 2.46. The summed E-state index contributed by atoms with van der Waals surface area (Å²) in [5.41, 5.74) is 9.84. The second-order valence-electron chi connectivity index (χ2n) is 20.3. The fourth-order valence-corrected chi connectivity index (χ4v) is 12.4. The largest absolute Gasteiger partial charge is 0.494 e. The van der Waals surface area contributed by atoms with Gasteiger partial charge in [0.05, 0.1) is 11.1 Å². The normalized spacial score (nSPS) is 16.9. The van der Waals surface area contributed by atoms with Crippen molar-refractivity contribution in [1.82, 2.24) is 9.13 Å². The first-order valence-electron chi connectivity index (χ1n) is 25.1. The lowest BCUT2D eigenvalue weighted by Crippen LogP contribution is -2.39. The molecule has 3 heterocycles. The maximum atomic E-state index is 15.4. The molecular formula is C62H61Br2N4O3+. The molecule has 3 aliphatic rings. The van der Waals surface area contributed by atoms with Gasteiger partial charge in [0.25, 0.3) is 5.56 Å². The van der Waals surface area contributed by atoms with Crippen LogP contribution in [-0.4, -0.2) is 37.6 Å². The number of aromatic hydroxyl groups is 1. The SMILES string of the molecule is CCCCCN1/C(=C/C=C2C(c3c(O)n(C)c(=O)n(-c4ccccc4)c3=O)=C(/C=C/C3=[N+](CCCCC)c4ccc5cc(Br)ccc5c4C3(C)C)c3ccccc3/2)C(C)(C)c2c1ccc1cc(Br)ccc21. The Morgan fingerprint density at radius 2 is 1.31 bits per heavy atom. The summed E-state index contributed by atoms with van der Waals surface area (Å²) in [6, 6.07) is 39.4.